The number of carbonyl (C=O) groups excluding carboxylic acids is 2. The van der Waals surface area contributed by atoms with Crippen LogP contribution in [0.1, 0.15) is 33.3 Å². The molecule has 1 aromatic heterocycles. The van der Waals surface area contributed by atoms with Crippen LogP contribution in [0.5, 0.6) is 0 Å². The van der Waals surface area contributed by atoms with Crippen molar-refractivity contribution in [2.24, 2.45) is 0 Å². The Morgan fingerprint density at radius 2 is 1.88 bits per heavy atom. The maximum atomic E-state index is 12.1. The molecule has 0 atom stereocenters. The summed E-state index contributed by atoms with van der Waals surface area (Å²) < 4.78 is 0. The number of hydrogen-bond acceptors (Lipinski definition) is 2. The van der Waals surface area contributed by atoms with E-state index in [4.69, 9.17) is 0 Å². The Kier molecular flexibility index (Phi) is 1.87. The first-order valence-electron chi connectivity index (χ1n) is 5.47. The second-order valence-electron chi connectivity index (χ2n) is 4.44. The normalized spacial score (nSPS) is 15.1. The fraction of sp³-hybridized carbons (Fsp3) is 0.143. The van der Waals surface area contributed by atoms with Crippen LogP contribution in [0, 0.1) is 6.92 Å². The molecule has 0 fully saturated rings. The molecule has 1 heterocycles. The Labute approximate surface area is 98.1 Å². The summed E-state index contributed by atoms with van der Waals surface area (Å²) in [7, 11) is 0. The zero-order valence-corrected chi connectivity index (χ0v) is 9.63. The third-order valence-corrected chi connectivity index (χ3v) is 3.13. The first-order valence-corrected chi connectivity index (χ1v) is 5.47. The van der Waals surface area contributed by atoms with Gasteiger partial charge in [-0.1, -0.05) is 12.1 Å². The molecule has 3 nitrogen and oxygen atoms in total. The number of aryl methyl sites for hydroxylation is 1. The highest BCUT2D eigenvalue weighted by Gasteiger charge is 2.27. The van der Waals surface area contributed by atoms with Crippen LogP contribution >= 0.6 is 0 Å². The van der Waals surface area contributed by atoms with E-state index in [2.05, 4.69) is 4.98 Å². The number of benzene rings is 1. The van der Waals surface area contributed by atoms with Crippen LogP contribution in [0.4, 0.5) is 0 Å². The molecule has 3 rings (SSSR count). The smallest absolute Gasteiger partial charge is 0.203 e. The third kappa shape index (κ3) is 1.29. The average Bonchev–Trinajstić information content (AvgIpc) is 2.65. The van der Waals surface area contributed by atoms with E-state index < -0.39 is 0 Å². The summed E-state index contributed by atoms with van der Waals surface area (Å²) in [6.45, 7) is 3.66. The molecular formula is C14H11NO2. The van der Waals surface area contributed by atoms with E-state index in [1.54, 1.807) is 6.92 Å². The molecule has 1 aliphatic rings. The van der Waals surface area contributed by atoms with E-state index >= 15 is 0 Å². The lowest BCUT2D eigenvalue weighted by Gasteiger charge is -2.07. The third-order valence-electron chi connectivity index (χ3n) is 3.13. The molecular weight excluding hydrogens is 214 g/mol. The number of H-pyrrole nitrogens is 1. The van der Waals surface area contributed by atoms with Crippen molar-refractivity contribution in [2.45, 2.75) is 13.8 Å². The minimum Gasteiger partial charge on any atom is -0.351 e. The predicted octanol–water partition coefficient (Wildman–Crippen LogP) is 2.80. The molecule has 1 aromatic carbocycles. The first-order chi connectivity index (χ1) is 8.08. The molecule has 0 bridgehead atoms. The largest absolute Gasteiger partial charge is 0.351 e. The van der Waals surface area contributed by atoms with Gasteiger partial charge >= 0.3 is 0 Å². The first kappa shape index (κ1) is 10.0. The summed E-state index contributed by atoms with van der Waals surface area (Å²) >= 11 is 0. The molecule has 0 amide bonds. The number of aromatic amines is 1. The summed E-state index contributed by atoms with van der Waals surface area (Å²) in [6.07, 6.45) is 1.40. The monoisotopic (exact) mass is 225 g/mol. The number of rotatable bonds is 0. The number of aromatic nitrogens is 1. The van der Waals surface area contributed by atoms with Gasteiger partial charge in [-0.2, -0.15) is 0 Å². The van der Waals surface area contributed by atoms with E-state index in [0.717, 1.165) is 16.5 Å². The lowest BCUT2D eigenvalue weighted by Crippen LogP contribution is -2.14. The molecule has 0 radical (unpaired) electrons. The van der Waals surface area contributed by atoms with Gasteiger partial charge in [-0.3, -0.25) is 9.59 Å². The number of Topliss-reactive ketones (excluding diaryl/α,β-unsaturated/α-hetero) is 1. The molecule has 84 valence electrons. The highest BCUT2D eigenvalue weighted by atomic mass is 16.1. The summed E-state index contributed by atoms with van der Waals surface area (Å²) in [5, 5.41) is 0.830. The van der Waals surface area contributed by atoms with Crippen molar-refractivity contribution in [2.75, 3.05) is 0 Å². The second kappa shape index (κ2) is 3.17. The Bertz CT molecular complexity index is 704. The van der Waals surface area contributed by atoms with Gasteiger partial charge in [-0.25, -0.2) is 0 Å². The van der Waals surface area contributed by atoms with E-state index in [-0.39, 0.29) is 11.6 Å². The molecule has 1 aliphatic carbocycles. The number of allylic oxidation sites excluding steroid dienone is 2. The number of nitrogens with one attached hydrogen (secondary N) is 1. The van der Waals surface area contributed by atoms with E-state index in [0.29, 0.717) is 16.8 Å². The van der Waals surface area contributed by atoms with Crippen LogP contribution in [0.2, 0.25) is 0 Å². The molecule has 1 N–H and O–H groups in total. The van der Waals surface area contributed by atoms with Gasteiger partial charge in [0.2, 0.25) is 5.78 Å². The van der Waals surface area contributed by atoms with Gasteiger partial charge in [0, 0.05) is 16.5 Å². The van der Waals surface area contributed by atoms with E-state index in [1.807, 2.05) is 25.1 Å². The number of hydrogen-bond donors (Lipinski definition) is 1. The van der Waals surface area contributed by atoms with Gasteiger partial charge in [0.05, 0.1) is 11.3 Å². The van der Waals surface area contributed by atoms with Crippen LogP contribution in [0.3, 0.4) is 0 Å². The maximum Gasteiger partial charge on any atom is 0.203 e. The fourth-order valence-corrected chi connectivity index (χ4v) is 2.26. The number of carbonyl (C=O) groups is 2. The van der Waals surface area contributed by atoms with Gasteiger partial charge in [0.25, 0.3) is 0 Å². The minimum absolute atomic E-state index is 0.0605. The van der Waals surface area contributed by atoms with Crippen LogP contribution in [-0.4, -0.2) is 16.6 Å². The zero-order valence-electron chi connectivity index (χ0n) is 9.63. The van der Waals surface area contributed by atoms with Crippen molar-refractivity contribution in [1.82, 2.24) is 4.98 Å². The van der Waals surface area contributed by atoms with Crippen LogP contribution in [0.25, 0.3) is 10.9 Å². The molecule has 0 unspecified atom stereocenters. The van der Waals surface area contributed by atoms with Crippen LogP contribution < -0.4 is 0 Å². The standard InChI is InChI=1S/C14H11NO2/c1-7-3-4-9-10(5-7)15-13-11(16)6-8(2)14(17)12(9)13/h3-6,15H,1-2H3. The Balaban J connectivity index is 2.41. The summed E-state index contributed by atoms with van der Waals surface area (Å²) in [5.74, 6) is -0.180. The number of fused-ring (bicyclic) bond motifs is 3. The highest BCUT2D eigenvalue weighted by molar-refractivity contribution is 6.28. The lowest BCUT2D eigenvalue weighted by molar-refractivity contribution is 0.0983. The SMILES string of the molecule is CC1=CC(=O)c2[nH]c3cc(C)ccc3c2C1=O. The van der Waals surface area contributed by atoms with Gasteiger partial charge in [-0.15, -0.1) is 0 Å². The zero-order chi connectivity index (χ0) is 12.2. The van der Waals surface area contributed by atoms with Gasteiger partial charge < -0.3 is 4.98 Å². The second-order valence-corrected chi connectivity index (χ2v) is 4.44. The predicted molar refractivity (Wildman–Crippen MR) is 65.5 cm³/mol. The van der Waals surface area contributed by atoms with Gasteiger partial charge in [0.1, 0.15) is 0 Å². The molecule has 17 heavy (non-hydrogen) atoms. The summed E-state index contributed by atoms with van der Waals surface area (Å²) in [4.78, 5) is 27.0. The van der Waals surface area contributed by atoms with Crippen LogP contribution in [0.15, 0.2) is 29.8 Å². The minimum atomic E-state index is -0.119. The van der Waals surface area contributed by atoms with Crippen molar-refractivity contribution in [3.05, 3.63) is 46.7 Å². The topological polar surface area (TPSA) is 49.9 Å². The van der Waals surface area contributed by atoms with Crippen molar-refractivity contribution >= 4 is 22.5 Å². The maximum absolute atomic E-state index is 12.1. The molecule has 2 aromatic rings. The average molecular weight is 225 g/mol. The van der Waals surface area contributed by atoms with Crippen LogP contribution in [-0.2, 0) is 0 Å². The van der Waals surface area contributed by atoms with E-state index in [1.165, 1.54) is 6.08 Å². The van der Waals surface area contributed by atoms with Gasteiger partial charge in [-0.05, 0) is 31.6 Å². The van der Waals surface area contributed by atoms with Crippen molar-refractivity contribution in [3.63, 3.8) is 0 Å². The fourth-order valence-electron chi connectivity index (χ4n) is 2.26. The van der Waals surface area contributed by atoms with Gasteiger partial charge in [0.15, 0.2) is 5.78 Å². The molecule has 3 heteroatoms. The molecule has 0 saturated heterocycles. The highest BCUT2D eigenvalue weighted by Crippen LogP contribution is 2.29. The summed E-state index contributed by atoms with van der Waals surface area (Å²) in [5.41, 5.74) is 3.38. The Morgan fingerprint density at radius 1 is 1.12 bits per heavy atom. The van der Waals surface area contributed by atoms with Crippen molar-refractivity contribution < 1.29 is 9.59 Å². The van der Waals surface area contributed by atoms with Crippen molar-refractivity contribution in [3.8, 4) is 0 Å². The Hall–Kier alpha value is -2.16. The molecule has 0 aliphatic heterocycles. The summed E-state index contributed by atoms with van der Waals surface area (Å²) in [6, 6.07) is 5.79. The molecule has 0 saturated carbocycles. The lowest BCUT2D eigenvalue weighted by atomic mass is 9.93. The number of ketones is 2. The quantitative estimate of drug-likeness (QED) is 0.749. The van der Waals surface area contributed by atoms with Crippen molar-refractivity contribution in [1.29, 1.82) is 0 Å². The molecule has 0 spiro atoms. The van der Waals surface area contributed by atoms with E-state index in [9.17, 15) is 9.59 Å². The Morgan fingerprint density at radius 3 is 2.65 bits per heavy atom.